The molecule has 0 spiro atoms. The summed E-state index contributed by atoms with van der Waals surface area (Å²) in [6.07, 6.45) is 1.88. The molecule has 2 rings (SSSR count). The molecule has 5 heteroatoms. The van der Waals surface area contributed by atoms with Crippen LogP contribution in [0.15, 0.2) is 30.5 Å². The molecule has 0 fully saturated rings. The first-order valence-corrected chi connectivity index (χ1v) is 4.93. The summed E-state index contributed by atoms with van der Waals surface area (Å²) in [6.45, 7) is 3.28. The van der Waals surface area contributed by atoms with Crippen LogP contribution in [0.1, 0.15) is 16.8 Å². The normalized spacial score (nSPS) is 9.88. The van der Waals surface area contributed by atoms with Crippen LogP contribution in [0.5, 0.6) is 0 Å². The van der Waals surface area contributed by atoms with Gasteiger partial charge in [0.2, 0.25) is 0 Å². The van der Waals surface area contributed by atoms with E-state index in [4.69, 9.17) is 5.73 Å². The zero-order valence-electron chi connectivity index (χ0n) is 9.13. The molecule has 0 saturated heterocycles. The number of hydrogen-bond acceptors (Lipinski definition) is 3. The van der Waals surface area contributed by atoms with Crippen molar-refractivity contribution in [1.29, 1.82) is 0 Å². The van der Waals surface area contributed by atoms with Gasteiger partial charge in [-0.2, -0.15) is 0 Å². The third-order valence-electron chi connectivity index (χ3n) is 2.39. The maximum atomic E-state index is 5.47. The number of aromatic nitrogens is 3. The van der Waals surface area contributed by atoms with E-state index in [-0.39, 0.29) is 12.4 Å². The van der Waals surface area contributed by atoms with Gasteiger partial charge in [-0.05, 0) is 18.1 Å². The first-order valence-electron chi connectivity index (χ1n) is 4.93. The Morgan fingerprint density at radius 1 is 1.31 bits per heavy atom. The summed E-state index contributed by atoms with van der Waals surface area (Å²) in [5, 5.41) is 7.96. The second-order valence-electron chi connectivity index (χ2n) is 3.54. The summed E-state index contributed by atoms with van der Waals surface area (Å²) in [4.78, 5) is 0. The Bertz CT molecular complexity index is 453. The maximum Gasteiger partial charge on any atom is 0.0962 e. The van der Waals surface area contributed by atoms with E-state index >= 15 is 0 Å². The van der Waals surface area contributed by atoms with E-state index < -0.39 is 0 Å². The largest absolute Gasteiger partial charge is 0.325 e. The summed E-state index contributed by atoms with van der Waals surface area (Å²) >= 11 is 0. The first kappa shape index (κ1) is 12.7. The molecule has 2 aromatic rings. The Hall–Kier alpha value is -1.39. The number of benzene rings is 1. The summed E-state index contributed by atoms with van der Waals surface area (Å²) in [5.41, 5.74) is 8.81. The van der Waals surface area contributed by atoms with Gasteiger partial charge in [-0.25, -0.2) is 4.68 Å². The fourth-order valence-electron chi connectivity index (χ4n) is 1.47. The smallest absolute Gasteiger partial charge is 0.0962 e. The molecule has 0 aliphatic rings. The summed E-state index contributed by atoms with van der Waals surface area (Å²) in [6, 6.07) is 8.25. The SMILES string of the molecule is Cc1ccccc1Cn1cc(CN)nn1.Cl. The highest BCUT2D eigenvalue weighted by Gasteiger charge is 2.01. The predicted octanol–water partition coefficient (Wildman–Crippen LogP) is 1.52. The van der Waals surface area contributed by atoms with Gasteiger partial charge < -0.3 is 5.73 Å². The molecule has 0 atom stereocenters. The molecule has 0 aliphatic carbocycles. The van der Waals surface area contributed by atoms with Crippen molar-refractivity contribution in [2.45, 2.75) is 20.0 Å². The molecule has 1 aromatic carbocycles. The zero-order valence-corrected chi connectivity index (χ0v) is 9.94. The highest BCUT2D eigenvalue weighted by Crippen LogP contribution is 2.08. The third kappa shape index (κ3) is 2.81. The van der Waals surface area contributed by atoms with Gasteiger partial charge in [0.25, 0.3) is 0 Å². The Labute approximate surface area is 101 Å². The van der Waals surface area contributed by atoms with Gasteiger partial charge in [0.15, 0.2) is 0 Å². The number of halogens is 1. The number of aryl methyl sites for hydroxylation is 1. The minimum Gasteiger partial charge on any atom is -0.325 e. The van der Waals surface area contributed by atoms with Gasteiger partial charge in [0.1, 0.15) is 0 Å². The van der Waals surface area contributed by atoms with Gasteiger partial charge in [-0.1, -0.05) is 29.5 Å². The maximum absolute atomic E-state index is 5.47. The van der Waals surface area contributed by atoms with Crippen molar-refractivity contribution >= 4 is 12.4 Å². The lowest BCUT2D eigenvalue weighted by Crippen LogP contribution is -2.02. The Kier molecular flexibility index (Phi) is 4.46. The second-order valence-corrected chi connectivity index (χ2v) is 3.54. The van der Waals surface area contributed by atoms with E-state index in [1.165, 1.54) is 11.1 Å². The molecular weight excluding hydrogens is 224 g/mol. The zero-order chi connectivity index (χ0) is 10.7. The summed E-state index contributed by atoms with van der Waals surface area (Å²) in [7, 11) is 0. The monoisotopic (exact) mass is 238 g/mol. The fourth-order valence-corrected chi connectivity index (χ4v) is 1.47. The van der Waals surface area contributed by atoms with Crippen LogP contribution in [0.25, 0.3) is 0 Å². The highest BCUT2D eigenvalue weighted by atomic mass is 35.5. The van der Waals surface area contributed by atoms with Crippen molar-refractivity contribution in [2.24, 2.45) is 5.73 Å². The van der Waals surface area contributed by atoms with Crippen molar-refractivity contribution in [1.82, 2.24) is 15.0 Å². The van der Waals surface area contributed by atoms with E-state index in [0.717, 1.165) is 12.2 Å². The van der Waals surface area contributed by atoms with Crippen molar-refractivity contribution < 1.29 is 0 Å². The van der Waals surface area contributed by atoms with E-state index in [2.05, 4.69) is 29.4 Å². The number of nitrogens with two attached hydrogens (primary N) is 1. The van der Waals surface area contributed by atoms with Gasteiger partial charge in [-0.15, -0.1) is 17.5 Å². The molecule has 0 unspecified atom stereocenters. The molecule has 86 valence electrons. The van der Waals surface area contributed by atoms with E-state index in [1.54, 1.807) is 0 Å². The summed E-state index contributed by atoms with van der Waals surface area (Å²) in [5.74, 6) is 0. The molecular formula is C11H15ClN4. The molecule has 0 bridgehead atoms. The molecule has 1 heterocycles. The number of rotatable bonds is 3. The van der Waals surface area contributed by atoms with Gasteiger partial charge in [-0.3, -0.25) is 0 Å². The van der Waals surface area contributed by atoms with Crippen LogP contribution in [-0.2, 0) is 13.1 Å². The third-order valence-corrected chi connectivity index (χ3v) is 2.39. The number of nitrogens with zero attached hydrogens (tertiary/aromatic N) is 3. The lowest BCUT2D eigenvalue weighted by molar-refractivity contribution is 0.647. The van der Waals surface area contributed by atoms with Crippen LogP contribution in [0.4, 0.5) is 0 Å². The Balaban J connectivity index is 0.00000128. The molecule has 0 saturated carbocycles. The van der Waals surface area contributed by atoms with Gasteiger partial charge in [0.05, 0.1) is 18.4 Å². The molecule has 0 amide bonds. The molecule has 16 heavy (non-hydrogen) atoms. The molecule has 0 aliphatic heterocycles. The summed E-state index contributed by atoms with van der Waals surface area (Å²) < 4.78 is 1.81. The fraction of sp³-hybridized carbons (Fsp3) is 0.273. The van der Waals surface area contributed by atoms with Crippen molar-refractivity contribution in [3.05, 3.63) is 47.3 Å². The molecule has 0 radical (unpaired) electrons. The van der Waals surface area contributed by atoms with Crippen LogP contribution in [0.2, 0.25) is 0 Å². The second kappa shape index (κ2) is 5.63. The average molecular weight is 239 g/mol. The Morgan fingerprint density at radius 3 is 2.69 bits per heavy atom. The first-order chi connectivity index (χ1) is 7.29. The van der Waals surface area contributed by atoms with Gasteiger partial charge >= 0.3 is 0 Å². The minimum atomic E-state index is 0. The van der Waals surface area contributed by atoms with E-state index in [0.29, 0.717) is 6.54 Å². The highest BCUT2D eigenvalue weighted by molar-refractivity contribution is 5.85. The van der Waals surface area contributed by atoms with Crippen LogP contribution in [0, 0.1) is 6.92 Å². The minimum absolute atomic E-state index is 0. The van der Waals surface area contributed by atoms with Crippen molar-refractivity contribution in [3.8, 4) is 0 Å². The van der Waals surface area contributed by atoms with Crippen LogP contribution in [-0.4, -0.2) is 15.0 Å². The van der Waals surface area contributed by atoms with E-state index in [1.807, 2.05) is 23.0 Å². The Morgan fingerprint density at radius 2 is 2.06 bits per heavy atom. The molecule has 1 aromatic heterocycles. The lowest BCUT2D eigenvalue weighted by Gasteiger charge is -2.04. The van der Waals surface area contributed by atoms with Crippen LogP contribution >= 0.6 is 12.4 Å². The number of hydrogen-bond donors (Lipinski definition) is 1. The van der Waals surface area contributed by atoms with Crippen LogP contribution in [0.3, 0.4) is 0 Å². The van der Waals surface area contributed by atoms with Crippen LogP contribution < -0.4 is 5.73 Å². The van der Waals surface area contributed by atoms with Crippen molar-refractivity contribution in [3.63, 3.8) is 0 Å². The average Bonchev–Trinajstić information content (AvgIpc) is 2.69. The standard InChI is InChI=1S/C11H14N4.ClH/c1-9-4-2-3-5-10(9)7-15-8-11(6-12)13-14-15;/h2-5,8H,6-7,12H2,1H3;1H. The molecule has 2 N–H and O–H groups in total. The lowest BCUT2D eigenvalue weighted by atomic mass is 10.1. The molecule has 4 nitrogen and oxygen atoms in total. The van der Waals surface area contributed by atoms with E-state index in [9.17, 15) is 0 Å². The predicted molar refractivity (Wildman–Crippen MR) is 65.4 cm³/mol. The quantitative estimate of drug-likeness (QED) is 0.882. The van der Waals surface area contributed by atoms with Crippen molar-refractivity contribution in [2.75, 3.05) is 0 Å². The van der Waals surface area contributed by atoms with Gasteiger partial charge in [0, 0.05) is 6.54 Å². The topological polar surface area (TPSA) is 56.7 Å².